The Morgan fingerprint density at radius 2 is 1.91 bits per heavy atom. The summed E-state index contributed by atoms with van der Waals surface area (Å²) >= 11 is 5.75. The van der Waals surface area contributed by atoms with Gasteiger partial charge in [0, 0.05) is 41.0 Å². The van der Waals surface area contributed by atoms with Crippen LogP contribution in [0.2, 0.25) is 0 Å². The smallest absolute Gasteiger partial charge is 0.266 e. The summed E-state index contributed by atoms with van der Waals surface area (Å²) in [6, 6.07) is 16.2. The van der Waals surface area contributed by atoms with Gasteiger partial charge in [-0.15, -0.1) is 0 Å². The van der Waals surface area contributed by atoms with E-state index in [1.54, 1.807) is 10.7 Å². The number of amides is 1. The number of anilines is 3. The molecule has 9 nitrogen and oxygen atoms in total. The van der Waals surface area contributed by atoms with Crippen LogP contribution in [-0.2, 0) is 11.3 Å². The van der Waals surface area contributed by atoms with E-state index in [0.717, 1.165) is 51.6 Å². The molecule has 3 N–H and O–H groups in total. The van der Waals surface area contributed by atoms with Crippen LogP contribution in [0.15, 0.2) is 72.5 Å². The van der Waals surface area contributed by atoms with Crippen molar-refractivity contribution >= 4 is 51.5 Å². The molecule has 43 heavy (non-hydrogen) atoms. The molecule has 3 aromatic heterocycles. The molecule has 1 aliphatic rings. The minimum absolute atomic E-state index is 0.0645. The molecule has 1 amide bonds. The van der Waals surface area contributed by atoms with Crippen LogP contribution in [0.3, 0.4) is 0 Å². The first-order chi connectivity index (χ1) is 20.9. The topological polar surface area (TPSA) is 109 Å². The minimum Gasteiger partial charge on any atom is -0.351 e. The first-order valence-corrected chi connectivity index (χ1v) is 15.1. The zero-order valence-corrected chi connectivity index (χ0v) is 25.2. The molecule has 1 fully saturated rings. The van der Waals surface area contributed by atoms with Crippen LogP contribution in [0.1, 0.15) is 63.0 Å². The summed E-state index contributed by atoms with van der Waals surface area (Å²) in [5, 5.41) is 16.4. The Kier molecular flexibility index (Phi) is 8.24. The lowest BCUT2D eigenvalue weighted by molar-refractivity contribution is -0.112. The van der Waals surface area contributed by atoms with Crippen molar-refractivity contribution in [2.24, 2.45) is 0 Å². The Labute approximate surface area is 255 Å². The average Bonchev–Trinajstić information content (AvgIpc) is 3.45. The van der Waals surface area contributed by atoms with Gasteiger partial charge in [-0.3, -0.25) is 9.78 Å². The Bertz CT molecular complexity index is 1810. The van der Waals surface area contributed by atoms with Crippen molar-refractivity contribution in [3.8, 4) is 11.3 Å². The normalized spacial score (nSPS) is 13.9. The number of carbonyl (C=O) groups is 1. The number of halogens is 1. The molecule has 1 aliphatic carbocycles. The molecule has 0 bridgehead atoms. The van der Waals surface area contributed by atoms with Crippen molar-refractivity contribution in [2.75, 3.05) is 16.0 Å². The van der Waals surface area contributed by atoms with Crippen LogP contribution < -0.4 is 16.0 Å². The van der Waals surface area contributed by atoms with Crippen molar-refractivity contribution in [1.29, 1.82) is 0 Å². The minimum atomic E-state index is -0.430. The van der Waals surface area contributed by atoms with Crippen molar-refractivity contribution < 1.29 is 4.79 Å². The summed E-state index contributed by atoms with van der Waals surface area (Å²) in [6.07, 6.45) is 9.68. The summed E-state index contributed by atoms with van der Waals surface area (Å²) in [4.78, 5) is 26.6. The third kappa shape index (κ3) is 6.17. The zero-order chi connectivity index (χ0) is 29.9. The number of carbonyl (C=O) groups excluding carboxylic acids is 1. The third-order valence-corrected chi connectivity index (χ3v) is 8.11. The Morgan fingerprint density at radius 3 is 2.70 bits per heavy atom. The van der Waals surface area contributed by atoms with Crippen molar-refractivity contribution in [1.82, 2.24) is 24.6 Å². The molecular weight excluding hydrogens is 560 g/mol. The van der Waals surface area contributed by atoms with Crippen LogP contribution in [0.4, 0.5) is 17.6 Å². The molecule has 5 aromatic rings. The number of pyridine rings is 1. The zero-order valence-electron chi connectivity index (χ0n) is 24.4. The van der Waals surface area contributed by atoms with Crippen molar-refractivity contribution in [2.45, 2.75) is 64.5 Å². The molecule has 220 valence electrons. The van der Waals surface area contributed by atoms with Gasteiger partial charge in [0.25, 0.3) is 5.91 Å². The second-order valence-corrected chi connectivity index (χ2v) is 11.8. The molecule has 0 unspecified atom stereocenters. The molecular formula is C33H35ClN8O. The summed E-state index contributed by atoms with van der Waals surface area (Å²) in [7, 11) is 0. The van der Waals surface area contributed by atoms with Gasteiger partial charge in [0.2, 0.25) is 11.9 Å². The van der Waals surface area contributed by atoms with Crippen molar-refractivity contribution in [3.63, 3.8) is 0 Å². The summed E-state index contributed by atoms with van der Waals surface area (Å²) in [5.74, 6) is 1.12. The standard InChI is InChI=1S/C33H35ClN8O/c1-20(2)28-19-37-42-30(28)40-32(39-24-10-5-4-6-11-24)41-33(42)36-18-23-9-7-8-12-26(23)29-27-14-13-25(38-31(43)21(3)34)17-22(27)15-16-35-29/h7-9,12-17,19-20,24H,3-6,10-11,18H2,1-2H3,(H,38,43)(H2,36,39,40,41). The lowest BCUT2D eigenvalue weighted by atomic mass is 9.96. The monoisotopic (exact) mass is 594 g/mol. The number of aromatic nitrogens is 5. The highest BCUT2D eigenvalue weighted by molar-refractivity contribution is 6.43. The molecule has 2 aromatic carbocycles. The van der Waals surface area contributed by atoms with Gasteiger partial charge in [0.15, 0.2) is 5.65 Å². The number of nitrogens with one attached hydrogen (secondary N) is 3. The van der Waals surface area contributed by atoms with Gasteiger partial charge in [-0.05, 0) is 47.9 Å². The van der Waals surface area contributed by atoms with Gasteiger partial charge in [0.1, 0.15) is 0 Å². The molecule has 0 radical (unpaired) electrons. The van der Waals surface area contributed by atoms with Crippen LogP contribution >= 0.6 is 11.6 Å². The fourth-order valence-electron chi connectivity index (χ4n) is 5.66. The summed E-state index contributed by atoms with van der Waals surface area (Å²) in [6.45, 7) is 8.30. The molecule has 0 saturated heterocycles. The summed E-state index contributed by atoms with van der Waals surface area (Å²) < 4.78 is 1.80. The van der Waals surface area contributed by atoms with E-state index in [-0.39, 0.29) is 11.0 Å². The van der Waals surface area contributed by atoms with E-state index in [0.29, 0.717) is 30.2 Å². The highest BCUT2D eigenvalue weighted by Gasteiger charge is 2.19. The first-order valence-electron chi connectivity index (χ1n) is 14.8. The number of fused-ring (bicyclic) bond motifs is 2. The maximum absolute atomic E-state index is 12.0. The van der Waals surface area contributed by atoms with E-state index in [4.69, 9.17) is 26.6 Å². The Hall–Kier alpha value is -4.50. The maximum atomic E-state index is 12.0. The van der Waals surface area contributed by atoms with E-state index >= 15 is 0 Å². The van der Waals surface area contributed by atoms with Gasteiger partial charge in [-0.25, -0.2) is 0 Å². The van der Waals surface area contributed by atoms with Crippen LogP contribution in [-0.4, -0.2) is 36.5 Å². The molecule has 6 rings (SSSR count). The number of benzene rings is 2. The predicted octanol–water partition coefficient (Wildman–Crippen LogP) is 7.51. The van der Waals surface area contributed by atoms with Gasteiger partial charge in [0.05, 0.1) is 16.9 Å². The fraction of sp³-hybridized carbons (Fsp3) is 0.303. The second-order valence-electron chi connectivity index (χ2n) is 11.3. The first kappa shape index (κ1) is 28.6. The second kappa shape index (κ2) is 12.4. The predicted molar refractivity (Wildman–Crippen MR) is 173 cm³/mol. The van der Waals surface area contributed by atoms with Crippen LogP contribution in [0.25, 0.3) is 27.7 Å². The fourth-order valence-corrected chi connectivity index (χ4v) is 5.71. The van der Waals surface area contributed by atoms with Gasteiger partial charge >= 0.3 is 0 Å². The summed E-state index contributed by atoms with van der Waals surface area (Å²) in [5.41, 5.74) is 5.45. The maximum Gasteiger partial charge on any atom is 0.266 e. The Balaban J connectivity index is 1.32. The lowest BCUT2D eigenvalue weighted by Crippen LogP contribution is -2.24. The molecule has 0 aliphatic heterocycles. The van der Waals surface area contributed by atoms with Crippen molar-refractivity contribution in [3.05, 3.63) is 83.7 Å². The molecule has 1 saturated carbocycles. The van der Waals surface area contributed by atoms with Crippen LogP contribution in [0, 0.1) is 0 Å². The van der Waals surface area contributed by atoms with Gasteiger partial charge in [-0.1, -0.05) is 81.6 Å². The lowest BCUT2D eigenvalue weighted by Gasteiger charge is -2.23. The van der Waals surface area contributed by atoms with Crippen LogP contribution in [0.5, 0.6) is 0 Å². The number of nitrogens with zero attached hydrogens (tertiary/aromatic N) is 5. The van der Waals surface area contributed by atoms with E-state index in [9.17, 15) is 4.79 Å². The Morgan fingerprint density at radius 1 is 1.09 bits per heavy atom. The highest BCUT2D eigenvalue weighted by Crippen LogP contribution is 2.32. The molecule has 0 spiro atoms. The largest absolute Gasteiger partial charge is 0.351 e. The van der Waals surface area contributed by atoms with Gasteiger partial charge in [-0.2, -0.15) is 19.6 Å². The number of rotatable bonds is 9. The van der Waals surface area contributed by atoms with Gasteiger partial charge < -0.3 is 16.0 Å². The quantitative estimate of drug-likeness (QED) is 0.151. The van der Waals surface area contributed by atoms with E-state index < -0.39 is 5.91 Å². The average molecular weight is 595 g/mol. The number of hydrogen-bond acceptors (Lipinski definition) is 7. The SMILES string of the molecule is C=C(Cl)C(=O)Nc1ccc2c(-c3ccccc3CNc3nc(NC4CCCCC4)nc4c(C(C)C)cnn34)nccc2c1. The van der Waals surface area contributed by atoms with E-state index in [1.807, 2.05) is 42.6 Å². The van der Waals surface area contributed by atoms with E-state index in [2.05, 4.69) is 53.6 Å². The molecule has 3 heterocycles. The number of hydrogen-bond donors (Lipinski definition) is 3. The molecule has 0 atom stereocenters. The highest BCUT2D eigenvalue weighted by atomic mass is 35.5. The molecule has 10 heteroatoms. The third-order valence-electron chi connectivity index (χ3n) is 7.93. The van der Waals surface area contributed by atoms with E-state index in [1.165, 1.54) is 19.3 Å².